The number of amides is 1. The van der Waals surface area contributed by atoms with Crippen LogP contribution in [0.1, 0.15) is 12.5 Å². The van der Waals surface area contributed by atoms with Gasteiger partial charge in [-0.3, -0.25) is 4.79 Å². The van der Waals surface area contributed by atoms with Crippen molar-refractivity contribution in [2.45, 2.75) is 18.6 Å². The van der Waals surface area contributed by atoms with E-state index >= 15 is 0 Å². The molecule has 3 rings (SSSR count). The van der Waals surface area contributed by atoms with Gasteiger partial charge < -0.3 is 18.9 Å². The first kappa shape index (κ1) is 24.1. The molecule has 2 aromatic carbocycles. The highest BCUT2D eigenvalue weighted by Gasteiger charge is 2.16. The molecule has 0 atom stereocenters. The lowest BCUT2D eigenvalue weighted by atomic mass is 10.2. The van der Waals surface area contributed by atoms with Crippen LogP contribution >= 0.6 is 11.8 Å². The topological polar surface area (TPSA) is 93.9 Å². The summed E-state index contributed by atoms with van der Waals surface area (Å²) in [5, 5.41) is 13.3. The van der Waals surface area contributed by atoms with Crippen LogP contribution in [0.4, 0.5) is 5.69 Å². The molecule has 1 N–H and O–H groups in total. The van der Waals surface area contributed by atoms with Crippen molar-refractivity contribution in [3.63, 3.8) is 0 Å². The number of hydrogen-bond acceptors (Lipinski definition) is 8. The summed E-state index contributed by atoms with van der Waals surface area (Å²) in [5.41, 5.74) is 5.40. The average molecular weight is 469 g/mol. The Kier molecular flexibility index (Phi) is 8.31. The molecule has 33 heavy (non-hydrogen) atoms. The number of carbonyl (C=O) groups is 1. The standard InChI is InChI=1S/C23H28N6O3S/c1-6-29-22(17-9-12-19(31-4)20(13-17)32-5)26-27-23(29)33-15-21(30)25-24-14-16-7-10-18(11-8-16)28(2)3/h7-14H,6,15H2,1-5H3,(H,25,30)/b24-14+. The second-order valence-corrected chi connectivity index (χ2v) is 8.13. The van der Waals surface area contributed by atoms with Crippen molar-refractivity contribution in [1.82, 2.24) is 20.2 Å². The molecule has 1 heterocycles. The second kappa shape index (κ2) is 11.4. The molecular formula is C23H28N6O3S. The van der Waals surface area contributed by atoms with Crippen LogP contribution < -0.4 is 19.8 Å². The summed E-state index contributed by atoms with van der Waals surface area (Å²) >= 11 is 1.31. The van der Waals surface area contributed by atoms with Gasteiger partial charge in [0.1, 0.15) is 0 Å². The lowest BCUT2D eigenvalue weighted by molar-refractivity contribution is -0.118. The Bertz CT molecular complexity index is 1110. The monoisotopic (exact) mass is 468 g/mol. The lowest BCUT2D eigenvalue weighted by Crippen LogP contribution is -2.20. The molecule has 0 saturated heterocycles. The summed E-state index contributed by atoms with van der Waals surface area (Å²) in [6, 6.07) is 13.5. The number of benzene rings is 2. The molecule has 9 nitrogen and oxygen atoms in total. The van der Waals surface area contributed by atoms with Crippen LogP contribution in [0, 0.1) is 0 Å². The predicted molar refractivity (Wildman–Crippen MR) is 131 cm³/mol. The molecule has 174 valence electrons. The van der Waals surface area contributed by atoms with Crippen LogP contribution in [0.25, 0.3) is 11.4 Å². The summed E-state index contributed by atoms with van der Waals surface area (Å²) in [6.45, 7) is 2.66. The molecule has 0 aliphatic heterocycles. The van der Waals surface area contributed by atoms with E-state index in [1.807, 2.05) is 73.0 Å². The molecule has 1 amide bonds. The molecule has 0 radical (unpaired) electrons. The fourth-order valence-corrected chi connectivity index (χ4v) is 3.86. The first-order valence-corrected chi connectivity index (χ1v) is 11.3. The van der Waals surface area contributed by atoms with Crippen molar-refractivity contribution in [3.05, 3.63) is 48.0 Å². The number of hydrogen-bond donors (Lipinski definition) is 1. The minimum Gasteiger partial charge on any atom is -0.493 e. The zero-order valence-corrected chi connectivity index (χ0v) is 20.2. The van der Waals surface area contributed by atoms with Crippen LogP contribution in [0.3, 0.4) is 0 Å². The zero-order valence-electron chi connectivity index (χ0n) is 19.4. The van der Waals surface area contributed by atoms with Crippen LogP contribution in [0.15, 0.2) is 52.7 Å². The van der Waals surface area contributed by atoms with Crippen molar-refractivity contribution in [2.75, 3.05) is 39.0 Å². The summed E-state index contributed by atoms with van der Waals surface area (Å²) in [5.74, 6) is 1.90. The molecule has 0 saturated carbocycles. The van der Waals surface area contributed by atoms with Crippen LogP contribution in [-0.2, 0) is 11.3 Å². The molecule has 0 fully saturated rings. The number of carbonyl (C=O) groups excluding carboxylic acids is 1. The highest BCUT2D eigenvalue weighted by atomic mass is 32.2. The van der Waals surface area contributed by atoms with Gasteiger partial charge in [0.15, 0.2) is 22.5 Å². The number of rotatable bonds is 10. The molecule has 10 heteroatoms. The van der Waals surface area contributed by atoms with E-state index in [0.717, 1.165) is 16.8 Å². The Balaban J connectivity index is 1.61. The predicted octanol–water partition coefficient (Wildman–Crippen LogP) is 3.29. The van der Waals surface area contributed by atoms with Gasteiger partial charge in [-0.2, -0.15) is 5.10 Å². The SMILES string of the molecule is CCn1c(SCC(=O)N/N=C/c2ccc(N(C)C)cc2)nnc1-c1ccc(OC)c(OC)c1. The number of nitrogens with zero attached hydrogens (tertiary/aromatic N) is 5. The molecule has 0 aliphatic carbocycles. The third-order valence-electron chi connectivity index (χ3n) is 4.82. The van der Waals surface area contributed by atoms with Gasteiger partial charge in [-0.05, 0) is 42.8 Å². The Morgan fingerprint density at radius 1 is 1.12 bits per heavy atom. The van der Waals surface area contributed by atoms with Crippen molar-refractivity contribution in [3.8, 4) is 22.9 Å². The van der Waals surface area contributed by atoms with Gasteiger partial charge in [-0.25, -0.2) is 5.43 Å². The minimum atomic E-state index is -0.223. The number of thioether (sulfide) groups is 1. The van der Waals surface area contributed by atoms with Crippen molar-refractivity contribution in [1.29, 1.82) is 0 Å². The van der Waals surface area contributed by atoms with E-state index in [1.165, 1.54) is 11.8 Å². The Morgan fingerprint density at radius 3 is 2.48 bits per heavy atom. The Morgan fingerprint density at radius 2 is 1.85 bits per heavy atom. The third kappa shape index (κ3) is 6.04. The van der Waals surface area contributed by atoms with E-state index in [0.29, 0.717) is 29.0 Å². The number of aromatic nitrogens is 3. The van der Waals surface area contributed by atoms with Gasteiger partial charge in [0.25, 0.3) is 5.91 Å². The fraction of sp³-hybridized carbons (Fsp3) is 0.304. The van der Waals surface area contributed by atoms with E-state index < -0.39 is 0 Å². The van der Waals surface area contributed by atoms with Crippen LogP contribution in [0.2, 0.25) is 0 Å². The van der Waals surface area contributed by atoms with Crippen LogP contribution in [0.5, 0.6) is 11.5 Å². The fourth-order valence-electron chi connectivity index (χ4n) is 3.07. The first-order chi connectivity index (χ1) is 16.0. The normalized spacial score (nSPS) is 10.9. The number of hydrazone groups is 1. The number of anilines is 1. The number of methoxy groups -OCH3 is 2. The summed E-state index contributed by atoms with van der Waals surface area (Å²) in [4.78, 5) is 14.3. The third-order valence-corrected chi connectivity index (χ3v) is 5.79. The lowest BCUT2D eigenvalue weighted by Gasteiger charge is -2.11. The molecule has 3 aromatic rings. The largest absolute Gasteiger partial charge is 0.493 e. The first-order valence-electron chi connectivity index (χ1n) is 10.3. The minimum absolute atomic E-state index is 0.168. The van der Waals surface area contributed by atoms with Crippen molar-refractivity contribution in [2.24, 2.45) is 5.10 Å². The Hall–Kier alpha value is -3.53. The zero-order chi connectivity index (χ0) is 23.8. The molecule has 0 unspecified atom stereocenters. The van der Waals surface area contributed by atoms with E-state index in [4.69, 9.17) is 9.47 Å². The maximum absolute atomic E-state index is 12.2. The molecule has 1 aromatic heterocycles. The van der Waals surface area contributed by atoms with Crippen LogP contribution in [-0.4, -0.2) is 61.0 Å². The van der Waals surface area contributed by atoms with Crippen molar-refractivity contribution >= 4 is 29.6 Å². The van der Waals surface area contributed by atoms with Crippen molar-refractivity contribution < 1.29 is 14.3 Å². The van der Waals surface area contributed by atoms with Gasteiger partial charge in [0, 0.05) is 31.9 Å². The van der Waals surface area contributed by atoms with Gasteiger partial charge >= 0.3 is 0 Å². The van der Waals surface area contributed by atoms with Gasteiger partial charge in [-0.15, -0.1) is 10.2 Å². The maximum atomic E-state index is 12.2. The smallest absolute Gasteiger partial charge is 0.250 e. The molecular weight excluding hydrogens is 440 g/mol. The summed E-state index contributed by atoms with van der Waals surface area (Å²) in [6.07, 6.45) is 1.62. The highest BCUT2D eigenvalue weighted by Crippen LogP contribution is 2.32. The van der Waals surface area contributed by atoms with E-state index in [-0.39, 0.29) is 11.7 Å². The Labute approximate surface area is 197 Å². The van der Waals surface area contributed by atoms with E-state index in [1.54, 1.807) is 20.4 Å². The van der Waals surface area contributed by atoms with Gasteiger partial charge in [0.05, 0.1) is 26.2 Å². The molecule has 0 bridgehead atoms. The van der Waals surface area contributed by atoms with Gasteiger partial charge in [0.2, 0.25) is 0 Å². The summed E-state index contributed by atoms with van der Waals surface area (Å²) in [7, 11) is 7.15. The number of nitrogens with one attached hydrogen (secondary N) is 1. The van der Waals surface area contributed by atoms with E-state index in [9.17, 15) is 4.79 Å². The molecule has 0 spiro atoms. The average Bonchev–Trinajstić information content (AvgIpc) is 3.25. The molecule has 0 aliphatic rings. The number of ether oxygens (including phenoxy) is 2. The second-order valence-electron chi connectivity index (χ2n) is 7.19. The summed E-state index contributed by atoms with van der Waals surface area (Å²) < 4.78 is 12.6. The van der Waals surface area contributed by atoms with E-state index in [2.05, 4.69) is 20.7 Å². The highest BCUT2D eigenvalue weighted by molar-refractivity contribution is 7.99. The van der Waals surface area contributed by atoms with Gasteiger partial charge in [-0.1, -0.05) is 23.9 Å². The maximum Gasteiger partial charge on any atom is 0.250 e. The quantitative estimate of drug-likeness (QED) is 0.277.